The summed E-state index contributed by atoms with van der Waals surface area (Å²) < 4.78 is 15.9. The van der Waals surface area contributed by atoms with E-state index in [-0.39, 0.29) is 29.8 Å². The number of pyridine rings is 1. The van der Waals surface area contributed by atoms with Gasteiger partial charge in [0, 0.05) is 42.8 Å². The number of likely N-dealkylation sites (tertiary alicyclic amines) is 2. The van der Waals surface area contributed by atoms with Crippen molar-refractivity contribution < 1.29 is 33.4 Å². The number of alkyl carbamates (subject to hydrolysis) is 2. The maximum atomic E-state index is 14.2. The highest BCUT2D eigenvalue weighted by atomic mass is 16.6. The SMILES string of the molecule is COC(=O)NC(C(=O)N1CCCC1c1ncc(-c2ccc(-c3ccc4cc(-c5cnc(C6CCCN6C(=O)C(NC(=O)OC(C)(C)C)c6ccccc6)[nH]5)ccc4n3)cc2)[nH]1)C1CCOCC1. The number of amides is 4. The summed E-state index contributed by atoms with van der Waals surface area (Å²) in [6.07, 6.45) is 6.85. The molecule has 16 heteroatoms. The number of carbonyl (C=O) groups excluding carboxylic acids is 4. The Bertz CT molecular complexity index is 2720. The predicted octanol–water partition coefficient (Wildman–Crippen LogP) is 8.43. The highest BCUT2D eigenvalue weighted by Gasteiger charge is 2.41. The number of methoxy groups -OCH3 is 1. The van der Waals surface area contributed by atoms with Crippen LogP contribution < -0.4 is 10.6 Å². The molecular weight excluding hydrogens is 851 g/mol. The summed E-state index contributed by atoms with van der Waals surface area (Å²) >= 11 is 0. The van der Waals surface area contributed by atoms with Crippen LogP contribution in [-0.4, -0.2) is 104 Å². The number of hydrogen-bond acceptors (Lipinski definition) is 10. The quantitative estimate of drug-likeness (QED) is 0.0980. The number of aromatic amines is 2. The highest BCUT2D eigenvalue weighted by Crippen LogP contribution is 2.36. The lowest BCUT2D eigenvalue weighted by atomic mass is 9.90. The summed E-state index contributed by atoms with van der Waals surface area (Å²) in [5.41, 5.74) is 6.16. The summed E-state index contributed by atoms with van der Waals surface area (Å²) in [5.74, 6) is 1.03. The number of ether oxygens (including phenoxy) is 3. The van der Waals surface area contributed by atoms with E-state index in [9.17, 15) is 19.2 Å². The Hall–Kier alpha value is -7.07. The van der Waals surface area contributed by atoms with Crippen LogP contribution in [0.3, 0.4) is 0 Å². The topological polar surface area (TPSA) is 197 Å². The zero-order valence-electron chi connectivity index (χ0n) is 38.3. The minimum Gasteiger partial charge on any atom is -0.453 e. The van der Waals surface area contributed by atoms with E-state index >= 15 is 0 Å². The molecule has 0 bridgehead atoms. The van der Waals surface area contributed by atoms with E-state index in [1.807, 2.05) is 77.7 Å². The van der Waals surface area contributed by atoms with E-state index in [2.05, 4.69) is 32.7 Å². The third-order valence-electron chi connectivity index (χ3n) is 12.9. The molecule has 4 atom stereocenters. The minimum absolute atomic E-state index is 0.0359. The lowest BCUT2D eigenvalue weighted by molar-refractivity contribution is -0.137. The normalized spacial score (nSPS) is 18.7. The molecule has 6 aromatic rings. The Balaban J connectivity index is 0.865. The molecule has 0 saturated carbocycles. The van der Waals surface area contributed by atoms with Gasteiger partial charge in [0.1, 0.15) is 29.3 Å². The van der Waals surface area contributed by atoms with Crippen LogP contribution in [0.4, 0.5) is 9.59 Å². The van der Waals surface area contributed by atoms with Gasteiger partial charge < -0.3 is 44.6 Å². The summed E-state index contributed by atoms with van der Waals surface area (Å²) in [6, 6.07) is 25.4. The smallest absolute Gasteiger partial charge is 0.408 e. The second-order valence-electron chi connectivity index (χ2n) is 18.5. The number of carbonyl (C=O) groups is 4. The predicted molar refractivity (Wildman–Crippen MR) is 251 cm³/mol. The van der Waals surface area contributed by atoms with E-state index in [1.165, 1.54) is 7.11 Å². The molecular formula is C51H57N9O7. The lowest BCUT2D eigenvalue weighted by Gasteiger charge is -2.34. The van der Waals surface area contributed by atoms with Crippen LogP contribution in [0.15, 0.2) is 97.3 Å². The van der Waals surface area contributed by atoms with E-state index in [0.29, 0.717) is 56.4 Å². The summed E-state index contributed by atoms with van der Waals surface area (Å²) in [4.78, 5) is 78.5. The molecule has 3 fully saturated rings. The van der Waals surface area contributed by atoms with Gasteiger partial charge in [-0.3, -0.25) is 9.59 Å². The molecule has 3 aliphatic rings. The van der Waals surface area contributed by atoms with Crippen LogP contribution in [0.5, 0.6) is 0 Å². The number of aromatic nitrogens is 5. The van der Waals surface area contributed by atoms with E-state index in [1.54, 1.807) is 38.1 Å². The zero-order chi connectivity index (χ0) is 46.7. The van der Waals surface area contributed by atoms with Crippen molar-refractivity contribution in [3.8, 4) is 33.8 Å². The van der Waals surface area contributed by atoms with E-state index < -0.39 is 29.9 Å². The van der Waals surface area contributed by atoms with Crippen molar-refractivity contribution >= 4 is 34.9 Å². The number of benzene rings is 3. The van der Waals surface area contributed by atoms with Gasteiger partial charge in [-0.05, 0) is 94.5 Å². The van der Waals surface area contributed by atoms with Gasteiger partial charge in [0.15, 0.2) is 0 Å². The standard InChI is InChI=1S/C51H57N9O7/c1-51(2,3)67-50(64)58-43(33-10-6-5-7-11-33)47(61)59-24-9-13-42(59)46-53-30-40(56-46)36-19-21-38-35(28-36)18-20-37(54-38)31-14-16-32(17-15-31)39-29-52-45(55-39)41-12-8-25-60(41)48(62)44(57-49(63)65-4)34-22-26-66-27-23-34/h5-7,10-11,14-21,28-30,34,41-44H,8-9,12-13,22-27H2,1-4H3,(H,52,55)(H,53,56)(H,57,63)(H,58,64). The second-order valence-corrected chi connectivity index (χ2v) is 18.5. The van der Waals surface area contributed by atoms with Gasteiger partial charge in [-0.2, -0.15) is 0 Å². The maximum Gasteiger partial charge on any atom is 0.408 e. The number of nitrogens with zero attached hydrogens (tertiary/aromatic N) is 5. The third-order valence-corrected chi connectivity index (χ3v) is 12.9. The van der Waals surface area contributed by atoms with Crippen LogP contribution in [0, 0.1) is 5.92 Å². The molecule has 0 aliphatic carbocycles. The van der Waals surface area contributed by atoms with Crippen molar-refractivity contribution in [1.29, 1.82) is 0 Å². The largest absolute Gasteiger partial charge is 0.453 e. The number of H-pyrrole nitrogens is 2. The Labute approximate surface area is 389 Å². The average Bonchev–Trinajstić information content (AvgIpc) is 4.20. The Morgan fingerprint density at radius 2 is 1.33 bits per heavy atom. The molecule has 16 nitrogen and oxygen atoms in total. The molecule has 3 aromatic carbocycles. The van der Waals surface area contributed by atoms with E-state index in [4.69, 9.17) is 29.2 Å². The monoisotopic (exact) mass is 907 g/mol. The third kappa shape index (κ3) is 10.0. The first-order valence-corrected chi connectivity index (χ1v) is 23.1. The van der Waals surface area contributed by atoms with Gasteiger partial charge in [-0.15, -0.1) is 0 Å². The second kappa shape index (κ2) is 19.4. The molecule has 0 radical (unpaired) electrons. The first-order chi connectivity index (χ1) is 32.4. The molecule has 9 rings (SSSR count). The van der Waals surface area contributed by atoms with Gasteiger partial charge in [0.25, 0.3) is 5.91 Å². The summed E-state index contributed by atoms with van der Waals surface area (Å²) in [5, 5.41) is 6.60. The molecule has 0 spiro atoms. The fourth-order valence-corrected chi connectivity index (χ4v) is 9.53. The minimum atomic E-state index is -0.916. The fourth-order valence-electron chi connectivity index (χ4n) is 9.53. The Morgan fingerprint density at radius 3 is 1.97 bits per heavy atom. The molecule has 3 aromatic heterocycles. The number of imidazole rings is 2. The van der Waals surface area contributed by atoms with Crippen LogP contribution >= 0.6 is 0 Å². The fraction of sp³-hybridized carbons (Fsp3) is 0.392. The van der Waals surface area contributed by atoms with Crippen LogP contribution in [0.2, 0.25) is 0 Å². The van der Waals surface area contributed by atoms with Crippen LogP contribution in [-0.2, 0) is 23.8 Å². The van der Waals surface area contributed by atoms with Gasteiger partial charge >= 0.3 is 12.2 Å². The molecule has 6 heterocycles. The lowest BCUT2D eigenvalue weighted by Crippen LogP contribution is -2.53. The average molecular weight is 908 g/mol. The van der Waals surface area contributed by atoms with Crippen molar-refractivity contribution in [1.82, 2.24) is 45.4 Å². The number of nitrogens with one attached hydrogen (secondary N) is 4. The molecule has 3 saturated heterocycles. The molecule has 4 N–H and O–H groups in total. The summed E-state index contributed by atoms with van der Waals surface area (Å²) in [7, 11) is 1.31. The van der Waals surface area contributed by atoms with Crippen molar-refractivity contribution in [2.75, 3.05) is 33.4 Å². The van der Waals surface area contributed by atoms with Gasteiger partial charge in [-0.1, -0.05) is 66.7 Å². The first kappa shape index (κ1) is 45.1. The Kier molecular flexibility index (Phi) is 13.1. The van der Waals surface area contributed by atoms with Crippen molar-refractivity contribution in [3.05, 3.63) is 115 Å². The molecule has 3 aliphatic heterocycles. The zero-order valence-corrected chi connectivity index (χ0v) is 38.3. The first-order valence-electron chi connectivity index (χ1n) is 23.1. The highest BCUT2D eigenvalue weighted by molar-refractivity contribution is 5.89. The van der Waals surface area contributed by atoms with Gasteiger partial charge in [0.2, 0.25) is 5.91 Å². The number of rotatable bonds is 11. The molecule has 4 unspecified atom stereocenters. The number of hydrogen-bond donors (Lipinski definition) is 4. The van der Waals surface area contributed by atoms with Crippen molar-refractivity contribution in [3.63, 3.8) is 0 Å². The van der Waals surface area contributed by atoms with Crippen LogP contribution in [0.25, 0.3) is 44.7 Å². The molecule has 67 heavy (non-hydrogen) atoms. The Morgan fingerprint density at radius 1 is 0.716 bits per heavy atom. The summed E-state index contributed by atoms with van der Waals surface area (Å²) in [6.45, 7) is 7.59. The van der Waals surface area contributed by atoms with Crippen molar-refractivity contribution in [2.24, 2.45) is 5.92 Å². The van der Waals surface area contributed by atoms with E-state index in [0.717, 1.165) is 70.4 Å². The van der Waals surface area contributed by atoms with Gasteiger partial charge in [0.05, 0.1) is 54.2 Å². The molecule has 348 valence electrons. The van der Waals surface area contributed by atoms with Crippen molar-refractivity contribution in [2.45, 2.75) is 89.1 Å². The number of fused-ring (bicyclic) bond motifs is 1. The maximum absolute atomic E-state index is 14.2. The molecule has 4 amide bonds. The van der Waals surface area contributed by atoms with Crippen LogP contribution in [0.1, 0.15) is 94.6 Å². The van der Waals surface area contributed by atoms with Gasteiger partial charge in [-0.25, -0.2) is 24.5 Å².